The summed E-state index contributed by atoms with van der Waals surface area (Å²) in [5.74, 6) is -1.30. The Morgan fingerprint density at radius 3 is 2.55 bits per heavy atom. The number of nitrogens with one attached hydrogen (secondary N) is 2. The minimum Gasteiger partial charge on any atom is -0.548 e. The van der Waals surface area contributed by atoms with Gasteiger partial charge in [-0.3, -0.25) is 5.10 Å². The van der Waals surface area contributed by atoms with Crippen molar-refractivity contribution in [3.63, 3.8) is 0 Å². The van der Waals surface area contributed by atoms with Crippen LogP contribution in [0, 0.1) is 0 Å². The van der Waals surface area contributed by atoms with Gasteiger partial charge in [-0.05, 0) is 11.6 Å². The van der Waals surface area contributed by atoms with E-state index in [4.69, 9.17) is 0 Å². The Hall–Kier alpha value is -1.19. The van der Waals surface area contributed by atoms with Crippen molar-refractivity contribution in [2.75, 3.05) is 6.54 Å². The number of carbonyl (C=O) groups excluding carboxylic acids is 2. The number of hydrogen-bond donors (Lipinski definition) is 2. The van der Waals surface area contributed by atoms with Crippen LogP contribution in [0.5, 0.6) is 0 Å². The maximum Gasteiger partial charge on any atom is 1.00 e. The van der Waals surface area contributed by atoms with E-state index in [1.807, 2.05) is 30.3 Å². The molecule has 7 nitrogen and oxygen atoms in total. The van der Waals surface area contributed by atoms with Crippen molar-refractivity contribution in [3.8, 4) is 0 Å². The van der Waals surface area contributed by atoms with Crippen molar-refractivity contribution in [2.24, 2.45) is 0 Å². The molecular formula is C14H15KN4O3. The van der Waals surface area contributed by atoms with Crippen LogP contribution in [0.4, 0.5) is 4.79 Å². The minimum absolute atomic E-state index is 0. The zero-order chi connectivity index (χ0) is 15.1. The number of H-pyrrole nitrogens is 1. The molecule has 0 bridgehead atoms. The number of benzene rings is 1. The first-order valence-electron chi connectivity index (χ1n) is 6.40. The quantitative estimate of drug-likeness (QED) is 0.548. The van der Waals surface area contributed by atoms with E-state index in [9.17, 15) is 14.7 Å². The van der Waals surface area contributed by atoms with Gasteiger partial charge in [0.25, 0.3) is 0 Å². The van der Waals surface area contributed by atoms with Gasteiger partial charge >= 0.3 is 57.4 Å². The molecule has 8 heteroatoms. The average molecular weight is 326 g/mol. The average Bonchev–Trinajstić information content (AvgIpc) is 2.98. The van der Waals surface area contributed by atoms with Crippen LogP contribution in [0.3, 0.4) is 0 Å². The van der Waals surface area contributed by atoms with Crippen molar-refractivity contribution in [1.29, 1.82) is 0 Å². The van der Waals surface area contributed by atoms with Gasteiger partial charge in [-0.15, -0.1) is 0 Å². The number of amides is 2. The topological polar surface area (TPSA) is 101 Å². The molecule has 1 heterocycles. The number of hydrogen-bond acceptors (Lipinski definition) is 4. The van der Waals surface area contributed by atoms with Gasteiger partial charge in [-0.1, -0.05) is 30.3 Å². The maximum atomic E-state index is 12.1. The SMILES string of the molecule is O=C([O-])CN(Cc1ccccc1)C(=O)NCc1ccn[nH]1.[K+]. The first-order chi connectivity index (χ1) is 10.1. The van der Waals surface area contributed by atoms with Gasteiger partial charge in [0.1, 0.15) is 0 Å². The zero-order valence-electron chi connectivity index (χ0n) is 12.3. The van der Waals surface area contributed by atoms with E-state index in [1.165, 1.54) is 4.90 Å². The molecule has 0 aliphatic rings. The number of carboxylic acid groups (broad SMARTS) is 1. The fourth-order valence-corrected chi connectivity index (χ4v) is 1.82. The Balaban J connectivity index is 0.00000242. The number of aromatic nitrogens is 2. The van der Waals surface area contributed by atoms with Crippen molar-refractivity contribution < 1.29 is 66.1 Å². The number of aliphatic carboxylic acids is 1. The summed E-state index contributed by atoms with van der Waals surface area (Å²) in [6.07, 6.45) is 1.57. The van der Waals surface area contributed by atoms with Gasteiger partial charge in [-0.25, -0.2) is 4.79 Å². The third-order valence-corrected chi connectivity index (χ3v) is 2.81. The van der Waals surface area contributed by atoms with Crippen molar-refractivity contribution in [1.82, 2.24) is 20.4 Å². The third kappa shape index (κ3) is 6.28. The first-order valence-corrected chi connectivity index (χ1v) is 6.40. The standard InChI is InChI=1S/C14H16N4O3.K/c19-13(20)10-18(9-11-4-2-1-3-5-11)14(21)15-8-12-6-7-16-17-12;/h1-7H,8-10H2,(H,15,21)(H,16,17)(H,19,20);/q;+1/p-1. The van der Waals surface area contributed by atoms with Gasteiger partial charge in [0.2, 0.25) is 0 Å². The maximum absolute atomic E-state index is 12.1. The number of nitrogens with zero attached hydrogens (tertiary/aromatic N) is 2. The fraction of sp³-hybridized carbons (Fsp3) is 0.214. The summed E-state index contributed by atoms with van der Waals surface area (Å²) in [5.41, 5.74) is 1.58. The summed E-state index contributed by atoms with van der Waals surface area (Å²) in [7, 11) is 0. The molecule has 0 atom stereocenters. The molecule has 0 fully saturated rings. The number of aromatic amines is 1. The minimum atomic E-state index is -1.30. The van der Waals surface area contributed by atoms with E-state index in [0.29, 0.717) is 0 Å². The summed E-state index contributed by atoms with van der Waals surface area (Å²) in [6, 6.07) is 10.4. The molecule has 0 unspecified atom stereocenters. The predicted molar refractivity (Wildman–Crippen MR) is 72.7 cm³/mol. The summed E-state index contributed by atoms with van der Waals surface area (Å²) < 4.78 is 0. The van der Waals surface area contributed by atoms with Crippen LogP contribution in [0.1, 0.15) is 11.3 Å². The Labute approximate surface area is 170 Å². The van der Waals surface area contributed by atoms with Gasteiger partial charge < -0.3 is 20.1 Å². The molecule has 0 aliphatic carbocycles. The number of carbonyl (C=O) groups is 2. The monoisotopic (exact) mass is 326 g/mol. The molecule has 2 N–H and O–H groups in total. The second kappa shape index (κ2) is 9.75. The van der Waals surface area contributed by atoms with Crippen molar-refractivity contribution in [2.45, 2.75) is 13.1 Å². The second-order valence-corrected chi connectivity index (χ2v) is 4.45. The van der Waals surface area contributed by atoms with E-state index in [-0.39, 0.29) is 64.5 Å². The Bertz CT molecular complexity index is 589. The van der Waals surface area contributed by atoms with E-state index in [2.05, 4.69) is 15.5 Å². The molecule has 0 saturated carbocycles. The number of rotatable bonds is 6. The van der Waals surface area contributed by atoms with Crippen molar-refractivity contribution >= 4 is 12.0 Å². The van der Waals surface area contributed by atoms with E-state index in [1.54, 1.807) is 12.3 Å². The molecule has 0 spiro atoms. The molecule has 2 amide bonds. The second-order valence-electron chi connectivity index (χ2n) is 4.45. The Kier molecular flexibility index (Phi) is 8.35. The number of carboxylic acids is 1. The van der Waals surface area contributed by atoms with E-state index in [0.717, 1.165) is 11.3 Å². The van der Waals surface area contributed by atoms with Crippen LogP contribution in [0.25, 0.3) is 0 Å². The van der Waals surface area contributed by atoms with Crippen molar-refractivity contribution in [3.05, 3.63) is 53.9 Å². The molecule has 2 aromatic rings. The molecule has 1 aromatic carbocycles. The van der Waals surface area contributed by atoms with Crippen LogP contribution < -0.4 is 61.8 Å². The normalized spacial score (nSPS) is 9.64. The number of urea groups is 1. The molecule has 0 saturated heterocycles. The zero-order valence-corrected chi connectivity index (χ0v) is 15.4. The first kappa shape index (κ1) is 18.9. The van der Waals surface area contributed by atoms with Gasteiger partial charge in [0, 0.05) is 12.7 Å². The van der Waals surface area contributed by atoms with Crippen LogP contribution in [0.15, 0.2) is 42.6 Å². The van der Waals surface area contributed by atoms with Crippen LogP contribution >= 0.6 is 0 Å². The molecule has 110 valence electrons. The predicted octanol–water partition coefficient (Wildman–Crippen LogP) is -3.12. The van der Waals surface area contributed by atoms with Crippen LogP contribution in [0.2, 0.25) is 0 Å². The summed E-state index contributed by atoms with van der Waals surface area (Å²) in [6.45, 7) is -0.0233. The van der Waals surface area contributed by atoms with Gasteiger partial charge in [0.05, 0.1) is 24.8 Å². The van der Waals surface area contributed by atoms with E-state index >= 15 is 0 Å². The molecule has 22 heavy (non-hydrogen) atoms. The van der Waals surface area contributed by atoms with Gasteiger partial charge in [0.15, 0.2) is 0 Å². The molecule has 0 aliphatic heterocycles. The Morgan fingerprint density at radius 2 is 1.95 bits per heavy atom. The third-order valence-electron chi connectivity index (χ3n) is 2.81. The smallest absolute Gasteiger partial charge is 0.548 e. The van der Waals surface area contributed by atoms with Crippen LogP contribution in [-0.2, 0) is 17.9 Å². The summed E-state index contributed by atoms with van der Waals surface area (Å²) >= 11 is 0. The van der Waals surface area contributed by atoms with E-state index < -0.39 is 18.5 Å². The molecule has 0 radical (unpaired) electrons. The molecule has 1 aromatic heterocycles. The molecular weight excluding hydrogens is 311 g/mol. The fourth-order valence-electron chi connectivity index (χ4n) is 1.82. The summed E-state index contributed by atoms with van der Waals surface area (Å²) in [5, 5.41) is 19.9. The molecule has 2 rings (SSSR count). The van der Waals surface area contributed by atoms with Crippen LogP contribution in [-0.4, -0.2) is 33.6 Å². The Morgan fingerprint density at radius 1 is 1.23 bits per heavy atom. The summed E-state index contributed by atoms with van der Waals surface area (Å²) in [4.78, 5) is 24.0. The largest absolute Gasteiger partial charge is 1.00 e. The van der Waals surface area contributed by atoms with Gasteiger partial charge in [-0.2, -0.15) is 5.10 Å².